The highest BCUT2D eigenvalue weighted by atomic mass is 32.2. The molecule has 3 aromatic rings. The van der Waals surface area contributed by atoms with Crippen LogP contribution in [0.4, 0.5) is 0 Å². The van der Waals surface area contributed by atoms with Crippen molar-refractivity contribution in [3.05, 3.63) is 54.2 Å². The van der Waals surface area contributed by atoms with Gasteiger partial charge in [0.25, 0.3) is 0 Å². The number of hydrogen-bond donors (Lipinski definition) is 0. The second-order valence-electron chi connectivity index (χ2n) is 7.35. The smallest absolute Gasteiger partial charge is 0.243 e. The number of nitrogens with zero attached hydrogens (tertiary/aromatic N) is 3. The van der Waals surface area contributed by atoms with Gasteiger partial charge in [-0.05, 0) is 44.2 Å². The summed E-state index contributed by atoms with van der Waals surface area (Å²) in [5, 5.41) is 5.23. The Morgan fingerprint density at radius 2 is 1.93 bits per heavy atom. The van der Waals surface area contributed by atoms with E-state index in [9.17, 15) is 8.42 Å². The van der Waals surface area contributed by atoms with Gasteiger partial charge in [0.2, 0.25) is 10.0 Å². The summed E-state index contributed by atoms with van der Waals surface area (Å²) in [7, 11) is 0.0737. The first-order valence-electron chi connectivity index (χ1n) is 9.67. The zero-order valence-electron chi connectivity index (χ0n) is 16.6. The van der Waals surface area contributed by atoms with Crippen molar-refractivity contribution in [2.75, 3.05) is 27.2 Å². The molecule has 0 amide bonds. The normalized spacial score (nSPS) is 16.5. The van der Waals surface area contributed by atoms with Crippen LogP contribution in [0.3, 0.4) is 0 Å². The van der Waals surface area contributed by atoms with Crippen molar-refractivity contribution in [3.8, 4) is 5.75 Å². The number of piperidine rings is 1. The lowest BCUT2D eigenvalue weighted by atomic mass is 10.0. The second-order valence-corrected chi connectivity index (χ2v) is 9.29. The molecular weight excluding hydrogens is 390 g/mol. The minimum absolute atomic E-state index is 0.276. The van der Waals surface area contributed by atoms with E-state index in [-0.39, 0.29) is 4.90 Å². The Hall–Kier alpha value is -2.42. The average Bonchev–Trinajstić information content (AvgIpc) is 3.16. The minimum atomic E-state index is -3.52. The third kappa shape index (κ3) is 4.01. The predicted octanol–water partition coefficient (Wildman–Crippen LogP) is 3.12. The molecule has 2 heterocycles. The van der Waals surface area contributed by atoms with Crippen molar-refractivity contribution in [1.82, 2.24) is 14.4 Å². The van der Waals surface area contributed by atoms with Crippen LogP contribution in [-0.2, 0) is 16.6 Å². The fraction of sp³-hybridized carbons (Fsp3) is 0.381. The Labute approximate surface area is 170 Å². The summed E-state index contributed by atoms with van der Waals surface area (Å²) >= 11 is 0. The van der Waals surface area contributed by atoms with Crippen molar-refractivity contribution >= 4 is 21.0 Å². The molecule has 154 valence electrons. The molecule has 0 saturated carbocycles. The van der Waals surface area contributed by atoms with Crippen molar-refractivity contribution in [1.29, 1.82) is 0 Å². The van der Waals surface area contributed by atoms with E-state index < -0.39 is 10.0 Å². The van der Waals surface area contributed by atoms with Gasteiger partial charge in [0.05, 0.1) is 12.0 Å². The molecule has 1 saturated heterocycles. The number of hydrogen-bond acceptors (Lipinski definition) is 6. The largest absolute Gasteiger partial charge is 0.497 e. The molecule has 1 aliphatic heterocycles. The second kappa shape index (κ2) is 8.14. The summed E-state index contributed by atoms with van der Waals surface area (Å²) in [6, 6.07) is 14.8. The van der Waals surface area contributed by atoms with E-state index in [2.05, 4.69) is 17.1 Å². The first-order chi connectivity index (χ1) is 14.0. The number of para-hydroxylation sites is 1. The van der Waals surface area contributed by atoms with Crippen LogP contribution in [0.1, 0.15) is 18.5 Å². The Morgan fingerprint density at radius 1 is 1.17 bits per heavy atom. The van der Waals surface area contributed by atoms with E-state index in [1.807, 2.05) is 24.3 Å². The summed E-state index contributed by atoms with van der Waals surface area (Å²) in [5.41, 5.74) is 1.70. The van der Waals surface area contributed by atoms with Crippen LogP contribution < -0.4 is 4.74 Å². The van der Waals surface area contributed by atoms with Gasteiger partial charge in [-0.25, -0.2) is 8.42 Å². The fourth-order valence-corrected chi connectivity index (χ4v) is 5.36. The summed E-state index contributed by atoms with van der Waals surface area (Å²) in [6.45, 7) is 1.66. The van der Waals surface area contributed by atoms with E-state index in [0.29, 0.717) is 31.4 Å². The molecule has 1 fully saturated rings. The number of sulfonamides is 1. The Morgan fingerprint density at radius 3 is 2.69 bits per heavy atom. The SMILES string of the molecule is COc1cccc(S(=O)(=O)N2CCC(N(C)Cc3noc4ccccc34)CC2)c1. The molecular formula is C21H25N3O4S. The number of benzene rings is 2. The lowest BCUT2D eigenvalue weighted by Gasteiger charge is -2.35. The van der Waals surface area contributed by atoms with Gasteiger partial charge in [-0.2, -0.15) is 4.31 Å². The maximum atomic E-state index is 13.0. The highest BCUT2D eigenvalue weighted by Gasteiger charge is 2.31. The average molecular weight is 416 g/mol. The topological polar surface area (TPSA) is 75.9 Å². The third-order valence-electron chi connectivity index (χ3n) is 5.58. The Kier molecular flexibility index (Phi) is 5.58. The van der Waals surface area contributed by atoms with Crippen LogP contribution in [0, 0.1) is 0 Å². The molecule has 29 heavy (non-hydrogen) atoms. The number of aromatic nitrogens is 1. The monoisotopic (exact) mass is 415 g/mol. The van der Waals surface area contributed by atoms with Gasteiger partial charge in [0, 0.05) is 37.1 Å². The van der Waals surface area contributed by atoms with Crippen LogP contribution in [0.2, 0.25) is 0 Å². The standard InChI is InChI=1S/C21H25N3O4S/c1-23(15-20-19-8-3-4-9-21(19)28-22-20)16-10-12-24(13-11-16)29(25,26)18-7-5-6-17(14-18)27-2/h3-9,14,16H,10-13,15H2,1-2H3. The van der Waals surface area contributed by atoms with Gasteiger partial charge >= 0.3 is 0 Å². The maximum absolute atomic E-state index is 13.0. The van der Waals surface area contributed by atoms with E-state index in [1.165, 1.54) is 7.11 Å². The zero-order chi connectivity index (χ0) is 20.4. The van der Waals surface area contributed by atoms with Crippen LogP contribution in [0.15, 0.2) is 57.9 Å². The number of ether oxygens (including phenoxy) is 1. The fourth-order valence-electron chi connectivity index (χ4n) is 3.85. The molecule has 0 aliphatic carbocycles. The molecule has 0 unspecified atom stereocenters. The van der Waals surface area contributed by atoms with E-state index in [1.54, 1.807) is 28.6 Å². The third-order valence-corrected chi connectivity index (χ3v) is 7.47. The van der Waals surface area contributed by atoms with Crippen molar-refractivity contribution < 1.29 is 17.7 Å². The molecule has 0 N–H and O–H groups in total. The summed E-state index contributed by atoms with van der Waals surface area (Å²) in [5.74, 6) is 0.542. The van der Waals surface area contributed by atoms with Gasteiger partial charge in [-0.3, -0.25) is 4.90 Å². The summed E-state index contributed by atoms with van der Waals surface area (Å²) < 4.78 is 38.1. The first-order valence-corrected chi connectivity index (χ1v) is 11.1. The summed E-state index contributed by atoms with van der Waals surface area (Å²) in [6.07, 6.45) is 1.55. The highest BCUT2D eigenvalue weighted by molar-refractivity contribution is 7.89. The van der Waals surface area contributed by atoms with Crippen molar-refractivity contribution in [3.63, 3.8) is 0 Å². The Balaban J connectivity index is 1.41. The number of fused-ring (bicyclic) bond motifs is 1. The molecule has 1 aliphatic rings. The molecule has 0 spiro atoms. The van der Waals surface area contributed by atoms with Crippen molar-refractivity contribution in [2.45, 2.75) is 30.3 Å². The number of rotatable bonds is 6. The van der Waals surface area contributed by atoms with E-state index in [4.69, 9.17) is 9.26 Å². The van der Waals surface area contributed by atoms with Gasteiger partial charge < -0.3 is 9.26 Å². The highest BCUT2D eigenvalue weighted by Crippen LogP contribution is 2.26. The minimum Gasteiger partial charge on any atom is -0.497 e. The first kappa shape index (κ1) is 19.9. The maximum Gasteiger partial charge on any atom is 0.243 e. The van der Waals surface area contributed by atoms with Crippen LogP contribution in [-0.4, -0.2) is 56.1 Å². The number of methoxy groups -OCH3 is 1. The quantitative estimate of drug-likeness (QED) is 0.616. The van der Waals surface area contributed by atoms with Gasteiger partial charge in [-0.1, -0.05) is 23.4 Å². The Bertz CT molecular complexity index is 1090. The van der Waals surface area contributed by atoms with Gasteiger partial charge in [-0.15, -0.1) is 0 Å². The van der Waals surface area contributed by atoms with Gasteiger partial charge in [0.1, 0.15) is 11.4 Å². The van der Waals surface area contributed by atoms with Crippen LogP contribution in [0.5, 0.6) is 5.75 Å². The lowest BCUT2D eigenvalue weighted by Crippen LogP contribution is -2.45. The molecule has 0 atom stereocenters. The lowest BCUT2D eigenvalue weighted by molar-refractivity contribution is 0.159. The van der Waals surface area contributed by atoms with E-state index >= 15 is 0 Å². The summed E-state index contributed by atoms with van der Waals surface area (Å²) in [4.78, 5) is 2.51. The molecule has 4 rings (SSSR count). The predicted molar refractivity (Wildman–Crippen MR) is 110 cm³/mol. The van der Waals surface area contributed by atoms with Crippen molar-refractivity contribution in [2.24, 2.45) is 0 Å². The van der Waals surface area contributed by atoms with Crippen LogP contribution >= 0.6 is 0 Å². The molecule has 7 nitrogen and oxygen atoms in total. The zero-order valence-corrected chi connectivity index (χ0v) is 17.4. The van der Waals surface area contributed by atoms with Gasteiger partial charge in [0.15, 0.2) is 5.58 Å². The molecule has 8 heteroatoms. The molecule has 0 bridgehead atoms. The molecule has 1 aromatic heterocycles. The molecule has 0 radical (unpaired) electrons. The van der Waals surface area contributed by atoms with Crippen LogP contribution in [0.25, 0.3) is 11.0 Å². The molecule has 2 aromatic carbocycles. The van der Waals surface area contributed by atoms with E-state index in [0.717, 1.165) is 29.5 Å².